The van der Waals surface area contributed by atoms with Gasteiger partial charge in [-0.3, -0.25) is 0 Å². The fraction of sp³-hybridized carbons (Fsp3) is 0.833. The molecule has 0 saturated carbocycles. The fourth-order valence-electron chi connectivity index (χ4n) is 0.192. The summed E-state index contributed by atoms with van der Waals surface area (Å²) in [6, 6.07) is 0. The van der Waals surface area contributed by atoms with Crippen molar-refractivity contribution in [2.45, 2.75) is 25.5 Å². The van der Waals surface area contributed by atoms with Crippen LogP contribution in [0.4, 0.5) is 0 Å². The summed E-state index contributed by atoms with van der Waals surface area (Å²) >= 11 is 3.64. The van der Waals surface area contributed by atoms with Gasteiger partial charge in [-0.2, -0.15) is 0 Å². The van der Waals surface area contributed by atoms with Crippen LogP contribution in [-0.2, 0) is 0 Å². The maximum absolute atomic E-state index is 2.21. The van der Waals surface area contributed by atoms with E-state index in [2.05, 4.69) is 32.1 Å². The Morgan fingerprint density at radius 1 is 1.22 bits per heavy atom. The third-order valence-electron chi connectivity index (χ3n) is 0.498. The first-order chi connectivity index (χ1) is 3.56. The molecule has 0 aromatic heterocycles. The van der Waals surface area contributed by atoms with E-state index in [1.165, 1.54) is 0 Å². The molecule has 9 heavy (non-hydrogen) atoms. The molecular formula is C6H13LiS2. The van der Waals surface area contributed by atoms with Crippen LogP contribution < -0.4 is 18.9 Å². The van der Waals surface area contributed by atoms with Crippen LogP contribution in [0.2, 0.25) is 0 Å². The number of hydrogen-bond donors (Lipinski definition) is 0. The van der Waals surface area contributed by atoms with Gasteiger partial charge in [-0.15, -0.1) is 0 Å². The molecule has 0 atom stereocenters. The van der Waals surface area contributed by atoms with Gasteiger partial charge in [-0.05, 0) is 11.0 Å². The Kier molecular flexibility index (Phi) is 8.67. The van der Waals surface area contributed by atoms with Crippen LogP contribution in [0, 0.1) is 5.08 Å². The Labute approximate surface area is 79.1 Å². The van der Waals surface area contributed by atoms with E-state index in [-0.39, 0.29) is 18.9 Å². The normalized spacial score (nSPS) is 10.7. The fourth-order valence-corrected chi connectivity index (χ4v) is 1.73. The zero-order chi connectivity index (χ0) is 6.62. The zero-order valence-electron chi connectivity index (χ0n) is 6.89. The van der Waals surface area contributed by atoms with Crippen molar-refractivity contribution in [2.75, 3.05) is 6.26 Å². The van der Waals surface area contributed by atoms with Crippen LogP contribution in [0.5, 0.6) is 0 Å². The van der Waals surface area contributed by atoms with E-state index in [0.717, 1.165) is 0 Å². The number of thioether (sulfide) groups is 2. The van der Waals surface area contributed by atoms with Crippen molar-refractivity contribution >= 4 is 23.5 Å². The van der Waals surface area contributed by atoms with E-state index in [0.29, 0.717) is 4.75 Å². The van der Waals surface area contributed by atoms with Gasteiger partial charge in [0.2, 0.25) is 0 Å². The van der Waals surface area contributed by atoms with Crippen molar-refractivity contribution in [3.8, 4) is 0 Å². The molecule has 0 unspecified atom stereocenters. The van der Waals surface area contributed by atoms with E-state index in [1.807, 2.05) is 11.8 Å². The minimum absolute atomic E-state index is 0. The first-order valence-corrected chi connectivity index (χ1v) is 4.75. The quantitative estimate of drug-likeness (QED) is 0.408. The Morgan fingerprint density at radius 3 is 1.78 bits per heavy atom. The standard InChI is InChI=1S/C6H13S2.Li/c1-6(2,3)8-5-7-4;/h5H,1-4H3;/q-1;+1. The Morgan fingerprint density at radius 2 is 1.67 bits per heavy atom. The SMILES string of the molecule is CS[CH-]SC(C)(C)C.[Li+]. The van der Waals surface area contributed by atoms with Gasteiger partial charge in [0, 0.05) is 0 Å². The molecule has 0 aliphatic rings. The minimum atomic E-state index is 0. The molecule has 0 saturated heterocycles. The number of hydrogen-bond acceptors (Lipinski definition) is 2. The summed E-state index contributed by atoms with van der Waals surface area (Å²) in [5.74, 6) is 0. The summed E-state index contributed by atoms with van der Waals surface area (Å²) in [7, 11) is 0. The van der Waals surface area contributed by atoms with Gasteiger partial charge in [0.1, 0.15) is 0 Å². The summed E-state index contributed by atoms with van der Waals surface area (Å²) in [5, 5.41) is 2.17. The summed E-state index contributed by atoms with van der Waals surface area (Å²) in [6.07, 6.45) is 2.08. The van der Waals surface area contributed by atoms with Crippen molar-refractivity contribution < 1.29 is 18.9 Å². The van der Waals surface area contributed by atoms with Crippen LogP contribution in [0.1, 0.15) is 20.8 Å². The molecule has 0 aliphatic heterocycles. The average molecular weight is 156 g/mol. The monoisotopic (exact) mass is 156 g/mol. The maximum atomic E-state index is 2.21. The Balaban J connectivity index is 0. The summed E-state index contributed by atoms with van der Waals surface area (Å²) in [6.45, 7) is 6.64. The third kappa shape index (κ3) is 12.5. The molecule has 0 rings (SSSR count). The molecule has 0 N–H and O–H groups in total. The van der Waals surface area contributed by atoms with Gasteiger partial charge in [0.15, 0.2) is 0 Å². The number of rotatable bonds is 2. The third-order valence-corrected chi connectivity index (χ3v) is 2.36. The average Bonchev–Trinajstić information content (AvgIpc) is 1.59. The van der Waals surface area contributed by atoms with Crippen LogP contribution in [-0.4, -0.2) is 11.0 Å². The molecule has 0 aromatic carbocycles. The van der Waals surface area contributed by atoms with Gasteiger partial charge in [-0.1, -0.05) is 20.8 Å². The molecule has 0 amide bonds. The molecule has 0 aliphatic carbocycles. The Hall–Kier alpha value is 1.30. The van der Waals surface area contributed by atoms with Crippen LogP contribution in [0.3, 0.4) is 0 Å². The van der Waals surface area contributed by atoms with Crippen LogP contribution in [0.15, 0.2) is 0 Å². The van der Waals surface area contributed by atoms with Gasteiger partial charge in [-0.25, -0.2) is 5.08 Å². The first-order valence-electron chi connectivity index (χ1n) is 2.58. The molecule has 0 fully saturated rings. The molecule has 0 radical (unpaired) electrons. The zero-order valence-corrected chi connectivity index (χ0v) is 8.53. The van der Waals surface area contributed by atoms with Crippen molar-refractivity contribution in [3.63, 3.8) is 0 Å². The maximum Gasteiger partial charge on any atom is 1.00 e. The van der Waals surface area contributed by atoms with E-state index < -0.39 is 0 Å². The van der Waals surface area contributed by atoms with E-state index >= 15 is 0 Å². The largest absolute Gasteiger partial charge is 1.00 e. The van der Waals surface area contributed by atoms with E-state index in [9.17, 15) is 0 Å². The van der Waals surface area contributed by atoms with Crippen molar-refractivity contribution in [3.05, 3.63) is 5.08 Å². The molecule has 50 valence electrons. The topological polar surface area (TPSA) is 0 Å². The van der Waals surface area contributed by atoms with Gasteiger partial charge in [0.25, 0.3) is 0 Å². The van der Waals surface area contributed by atoms with Crippen molar-refractivity contribution in [1.82, 2.24) is 0 Å². The molecule has 0 spiro atoms. The predicted molar refractivity (Wildman–Crippen MR) is 45.2 cm³/mol. The smallest absolute Gasteiger partial charge is 0.344 e. The Bertz CT molecular complexity index is 58.6. The summed E-state index contributed by atoms with van der Waals surface area (Å²) < 4.78 is 0.392. The first kappa shape index (κ1) is 12.9. The molecule has 0 aromatic rings. The van der Waals surface area contributed by atoms with Crippen molar-refractivity contribution in [1.29, 1.82) is 0 Å². The van der Waals surface area contributed by atoms with Crippen LogP contribution >= 0.6 is 23.5 Å². The molecular weight excluding hydrogens is 143 g/mol. The van der Waals surface area contributed by atoms with E-state index in [1.54, 1.807) is 11.8 Å². The second-order valence-corrected chi connectivity index (χ2v) is 5.26. The van der Waals surface area contributed by atoms with Gasteiger partial charge in [0.05, 0.1) is 0 Å². The predicted octanol–water partition coefficient (Wildman–Crippen LogP) is 0.00439. The summed E-state index contributed by atoms with van der Waals surface area (Å²) in [4.78, 5) is 0. The summed E-state index contributed by atoms with van der Waals surface area (Å²) in [5.41, 5.74) is 0. The van der Waals surface area contributed by atoms with Crippen LogP contribution in [0.25, 0.3) is 0 Å². The second-order valence-electron chi connectivity index (χ2n) is 2.56. The van der Waals surface area contributed by atoms with E-state index in [4.69, 9.17) is 0 Å². The molecule has 0 nitrogen and oxygen atoms in total. The molecule has 3 heteroatoms. The minimum Gasteiger partial charge on any atom is -0.344 e. The molecule has 0 heterocycles. The second kappa shape index (κ2) is 6.04. The van der Waals surface area contributed by atoms with Crippen molar-refractivity contribution in [2.24, 2.45) is 0 Å². The molecule has 0 bridgehead atoms. The van der Waals surface area contributed by atoms with Gasteiger partial charge < -0.3 is 23.5 Å². The van der Waals surface area contributed by atoms with Gasteiger partial charge >= 0.3 is 18.9 Å².